The minimum Gasteiger partial charge on any atom is -0.313 e. The third kappa shape index (κ3) is 3.73. The summed E-state index contributed by atoms with van der Waals surface area (Å²) in [5.41, 5.74) is 1.58. The largest absolute Gasteiger partial charge is 0.313 e. The summed E-state index contributed by atoms with van der Waals surface area (Å²) in [5, 5.41) is 4.28. The Bertz CT molecular complexity index is 619. The van der Waals surface area contributed by atoms with Crippen LogP contribution in [0.5, 0.6) is 0 Å². The molecule has 5 heteroatoms. The van der Waals surface area contributed by atoms with Crippen LogP contribution in [0.2, 0.25) is 10.0 Å². The van der Waals surface area contributed by atoms with Crippen molar-refractivity contribution < 1.29 is 4.39 Å². The highest BCUT2D eigenvalue weighted by Gasteiger charge is 2.17. The molecule has 0 aromatic heterocycles. The van der Waals surface area contributed by atoms with E-state index in [-0.39, 0.29) is 11.9 Å². The number of rotatable bonds is 4. The summed E-state index contributed by atoms with van der Waals surface area (Å²) in [6.45, 7) is 0. The van der Waals surface area contributed by atoms with Gasteiger partial charge in [-0.05, 0) is 59.2 Å². The Balaban J connectivity index is 2.31. The van der Waals surface area contributed by atoms with Crippen molar-refractivity contribution in [1.82, 2.24) is 5.32 Å². The van der Waals surface area contributed by atoms with E-state index in [0.717, 1.165) is 5.56 Å². The summed E-state index contributed by atoms with van der Waals surface area (Å²) in [4.78, 5) is 0. The van der Waals surface area contributed by atoms with Crippen molar-refractivity contribution in [3.8, 4) is 0 Å². The Morgan fingerprint density at radius 1 is 1.25 bits per heavy atom. The third-order valence-electron chi connectivity index (χ3n) is 3.09. The summed E-state index contributed by atoms with van der Waals surface area (Å²) in [7, 11) is 1.80. The Kier molecular flexibility index (Phi) is 5.44. The molecule has 106 valence electrons. The van der Waals surface area contributed by atoms with Crippen molar-refractivity contribution in [3.63, 3.8) is 0 Å². The van der Waals surface area contributed by atoms with Gasteiger partial charge < -0.3 is 5.32 Å². The quantitative estimate of drug-likeness (QED) is 0.704. The zero-order valence-corrected chi connectivity index (χ0v) is 13.9. The van der Waals surface area contributed by atoms with Gasteiger partial charge in [-0.2, -0.15) is 0 Å². The van der Waals surface area contributed by atoms with Crippen molar-refractivity contribution in [2.75, 3.05) is 7.05 Å². The normalized spacial score (nSPS) is 12.4. The van der Waals surface area contributed by atoms with E-state index in [1.165, 1.54) is 6.07 Å². The molecular weight excluding hydrogens is 364 g/mol. The van der Waals surface area contributed by atoms with E-state index in [2.05, 4.69) is 21.2 Å². The molecule has 1 unspecified atom stereocenters. The van der Waals surface area contributed by atoms with E-state index in [4.69, 9.17) is 23.2 Å². The van der Waals surface area contributed by atoms with E-state index in [0.29, 0.717) is 26.5 Å². The van der Waals surface area contributed by atoms with Gasteiger partial charge in [0.2, 0.25) is 0 Å². The van der Waals surface area contributed by atoms with Crippen LogP contribution in [-0.2, 0) is 6.42 Å². The second-order valence-corrected chi connectivity index (χ2v) is 6.16. The lowest BCUT2D eigenvalue weighted by Crippen LogP contribution is -2.20. The predicted octanol–water partition coefficient (Wildman–Crippen LogP) is 5.40. The monoisotopic (exact) mass is 375 g/mol. The van der Waals surface area contributed by atoms with Crippen LogP contribution >= 0.6 is 39.1 Å². The fourth-order valence-corrected chi connectivity index (χ4v) is 2.77. The lowest BCUT2D eigenvalue weighted by atomic mass is 9.98. The molecule has 0 bridgehead atoms. The molecule has 0 saturated carbocycles. The highest BCUT2D eigenvalue weighted by Crippen LogP contribution is 2.30. The smallest absolute Gasteiger partial charge is 0.129 e. The van der Waals surface area contributed by atoms with Crippen molar-refractivity contribution in [1.29, 1.82) is 0 Å². The second kappa shape index (κ2) is 6.90. The van der Waals surface area contributed by atoms with Crippen molar-refractivity contribution in [2.24, 2.45) is 0 Å². The molecule has 0 spiro atoms. The fourth-order valence-electron chi connectivity index (χ4n) is 2.07. The van der Waals surface area contributed by atoms with Crippen LogP contribution in [0.1, 0.15) is 17.2 Å². The minimum absolute atomic E-state index is 0.168. The molecule has 1 N–H and O–H groups in total. The molecule has 2 aromatic carbocycles. The highest BCUT2D eigenvalue weighted by molar-refractivity contribution is 9.10. The standard InChI is InChI=1S/C15H13BrCl2FN/c1-20-15(6-9-3-2-4-10(17)5-9)11-7-13(18)12(16)8-14(11)19/h2-5,7-8,15,20H,6H2,1H3. The highest BCUT2D eigenvalue weighted by atomic mass is 79.9. The molecular formula is C15H13BrCl2FN. The van der Waals surface area contributed by atoms with Gasteiger partial charge in [-0.15, -0.1) is 0 Å². The lowest BCUT2D eigenvalue weighted by Gasteiger charge is -2.18. The predicted molar refractivity (Wildman–Crippen MR) is 86.1 cm³/mol. The average Bonchev–Trinajstić information content (AvgIpc) is 2.40. The van der Waals surface area contributed by atoms with Crippen molar-refractivity contribution in [3.05, 3.63) is 67.9 Å². The van der Waals surface area contributed by atoms with Crippen LogP contribution < -0.4 is 5.32 Å². The molecule has 1 atom stereocenters. The Morgan fingerprint density at radius 3 is 2.65 bits per heavy atom. The second-order valence-electron chi connectivity index (χ2n) is 4.46. The zero-order valence-electron chi connectivity index (χ0n) is 10.8. The first kappa shape index (κ1) is 15.8. The molecule has 0 saturated heterocycles. The maximum absolute atomic E-state index is 14.1. The van der Waals surface area contributed by atoms with Crippen LogP contribution in [0.3, 0.4) is 0 Å². The fraction of sp³-hybridized carbons (Fsp3) is 0.200. The minimum atomic E-state index is -0.289. The average molecular weight is 377 g/mol. The Morgan fingerprint density at radius 2 is 2.00 bits per heavy atom. The maximum Gasteiger partial charge on any atom is 0.129 e. The third-order valence-corrected chi connectivity index (χ3v) is 4.52. The molecule has 0 heterocycles. The molecule has 2 aromatic rings. The van der Waals surface area contributed by atoms with Gasteiger partial charge in [0.1, 0.15) is 5.82 Å². The zero-order chi connectivity index (χ0) is 14.7. The van der Waals surface area contributed by atoms with Gasteiger partial charge in [0.15, 0.2) is 0 Å². The van der Waals surface area contributed by atoms with Gasteiger partial charge in [-0.1, -0.05) is 35.3 Å². The summed E-state index contributed by atoms with van der Waals surface area (Å²) in [5.74, 6) is -0.289. The maximum atomic E-state index is 14.1. The van der Waals surface area contributed by atoms with Gasteiger partial charge in [0.25, 0.3) is 0 Å². The van der Waals surface area contributed by atoms with Crippen LogP contribution in [0, 0.1) is 5.82 Å². The first-order valence-corrected chi connectivity index (χ1v) is 7.62. The van der Waals surface area contributed by atoms with Gasteiger partial charge in [0, 0.05) is 21.1 Å². The van der Waals surface area contributed by atoms with Gasteiger partial charge in [-0.25, -0.2) is 4.39 Å². The number of likely N-dealkylation sites (N-methyl/N-ethyl adjacent to an activating group) is 1. The molecule has 2 rings (SSSR count). The summed E-state index contributed by atoms with van der Waals surface area (Å²) in [6.07, 6.45) is 0.631. The molecule has 0 fully saturated rings. The summed E-state index contributed by atoms with van der Waals surface area (Å²) >= 11 is 15.2. The van der Waals surface area contributed by atoms with E-state index in [1.54, 1.807) is 13.1 Å². The van der Waals surface area contributed by atoms with Gasteiger partial charge in [-0.3, -0.25) is 0 Å². The van der Waals surface area contributed by atoms with E-state index in [1.807, 2.05) is 24.3 Å². The van der Waals surface area contributed by atoms with Gasteiger partial charge >= 0.3 is 0 Å². The van der Waals surface area contributed by atoms with Crippen molar-refractivity contribution in [2.45, 2.75) is 12.5 Å². The molecule has 20 heavy (non-hydrogen) atoms. The number of nitrogens with one attached hydrogen (secondary N) is 1. The lowest BCUT2D eigenvalue weighted by molar-refractivity contribution is 0.533. The molecule has 0 aliphatic heterocycles. The van der Waals surface area contributed by atoms with E-state index < -0.39 is 0 Å². The first-order chi connectivity index (χ1) is 9.51. The van der Waals surface area contributed by atoms with Crippen LogP contribution in [0.4, 0.5) is 4.39 Å². The molecule has 1 nitrogen and oxygen atoms in total. The van der Waals surface area contributed by atoms with E-state index >= 15 is 0 Å². The molecule has 0 aliphatic rings. The first-order valence-electron chi connectivity index (χ1n) is 6.07. The molecule has 0 amide bonds. The number of halogens is 4. The molecule has 0 radical (unpaired) electrons. The Hall–Kier alpha value is -0.610. The van der Waals surface area contributed by atoms with Crippen LogP contribution in [0.15, 0.2) is 40.9 Å². The van der Waals surface area contributed by atoms with Crippen molar-refractivity contribution >= 4 is 39.1 Å². The van der Waals surface area contributed by atoms with Crippen LogP contribution in [0.25, 0.3) is 0 Å². The molecule has 0 aliphatic carbocycles. The SMILES string of the molecule is CNC(Cc1cccc(Cl)c1)c1cc(Cl)c(Br)cc1F. The number of benzene rings is 2. The Labute approximate surface area is 136 Å². The topological polar surface area (TPSA) is 12.0 Å². The van der Waals surface area contributed by atoms with Gasteiger partial charge in [0.05, 0.1) is 5.02 Å². The number of hydrogen-bond acceptors (Lipinski definition) is 1. The summed E-state index contributed by atoms with van der Waals surface area (Å²) < 4.78 is 14.6. The van der Waals surface area contributed by atoms with Crippen LogP contribution in [-0.4, -0.2) is 7.05 Å². The number of hydrogen-bond donors (Lipinski definition) is 1. The summed E-state index contributed by atoms with van der Waals surface area (Å²) in [6, 6.07) is 10.4. The van der Waals surface area contributed by atoms with E-state index in [9.17, 15) is 4.39 Å².